The highest BCUT2D eigenvalue weighted by Crippen LogP contribution is 2.03. The number of rotatable bonds is 6. The maximum atomic E-state index is 4.39. The summed E-state index contributed by atoms with van der Waals surface area (Å²) >= 11 is 0. The third kappa shape index (κ3) is 5.32. The molecule has 0 fully saturated rings. The number of aromatic nitrogens is 2. The first-order valence-electron chi connectivity index (χ1n) is 7.04. The van der Waals surface area contributed by atoms with Crippen LogP contribution in [0, 0.1) is 5.92 Å². The first-order chi connectivity index (χ1) is 9.06. The standard InChI is InChI=1S/C14H27N5/c1-6-12(4)18-14(15-5)17-9-13-16-7-8-19(13)10-11(2)3/h7-8,11-12H,6,9-10H2,1-5H3,(H2,15,17,18). The zero-order valence-electron chi connectivity index (χ0n) is 12.8. The lowest BCUT2D eigenvalue weighted by Crippen LogP contribution is -2.41. The molecule has 1 aromatic heterocycles. The van der Waals surface area contributed by atoms with Crippen molar-refractivity contribution in [3.05, 3.63) is 18.2 Å². The summed E-state index contributed by atoms with van der Waals surface area (Å²) in [5, 5.41) is 6.65. The molecule has 5 heteroatoms. The fourth-order valence-corrected chi connectivity index (χ4v) is 1.76. The number of imidazole rings is 1. The van der Waals surface area contributed by atoms with Crippen LogP contribution in [0.2, 0.25) is 0 Å². The molecule has 108 valence electrons. The Hall–Kier alpha value is -1.52. The zero-order valence-corrected chi connectivity index (χ0v) is 12.8. The zero-order chi connectivity index (χ0) is 14.3. The van der Waals surface area contributed by atoms with Gasteiger partial charge in [-0.2, -0.15) is 0 Å². The molecule has 1 rings (SSSR count). The summed E-state index contributed by atoms with van der Waals surface area (Å²) in [6.45, 7) is 10.4. The van der Waals surface area contributed by atoms with Gasteiger partial charge in [-0.15, -0.1) is 0 Å². The van der Waals surface area contributed by atoms with Crippen LogP contribution in [-0.2, 0) is 13.1 Å². The summed E-state index contributed by atoms with van der Waals surface area (Å²) in [5.41, 5.74) is 0. The predicted octanol–water partition coefficient (Wildman–Crippen LogP) is 2.00. The van der Waals surface area contributed by atoms with E-state index in [1.807, 2.05) is 12.4 Å². The number of nitrogens with one attached hydrogen (secondary N) is 2. The summed E-state index contributed by atoms with van der Waals surface area (Å²) in [4.78, 5) is 8.62. The van der Waals surface area contributed by atoms with Crippen molar-refractivity contribution < 1.29 is 0 Å². The van der Waals surface area contributed by atoms with Gasteiger partial charge in [-0.3, -0.25) is 4.99 Å². The maximum absolute atomic E-state index is 4.39. The molecule has 2 N–H and O–H groups in total. The molecule has 1 aromatic rings. The largest absolute Gasteiger partial charge is 0.354 e. The Morgan fingerprint density at radius 3 is 2.74 bits per heavy atom. The Kier molecular flexibility index (Phi) is 6.39. The normalized spacial score (nSPS) is 13.7. The van der Waals surface area contributed by atoms with Gasteiger partial charge in [0.2, 0.25) is 0 Å². The van der Waals surface area contributed by atoms with E-state index < -0.39 is 0 Å². The van der Waals surface area contributed by atoms with E-state index >= 15 is 0 Å². The van der Waals surface area contributed by atoms with Gasteiger partial charge in [-0.05, 0) is 19.3 Å². The van der Waals surface area contributed by atoms with Gasteiger partial charge in [-0.1, -0.05) is 20.8 Å². The minimum atomic E-state index is 0.418. The molecule has 1 atom stereocenters. The van der Waals surface area contributed by atoms with Gasteiger partial charge in [0.05, 0.1) is 6.54 Å². The Balaban J connectivity index is 2.53. The average Bonchev–Trinajstić information content (AvgIpc) is 2.80. The van der Waals surface area contributed by atoms with Crippen molar-refractivity contribution in [2.75, 3.05) is 7.05 Å². The second kappa shape index (κ2) is 7.81. The number of nitrogens with zero attached hydrogens (tertiary/aromatic N) is 3. The van der Waals surface area contributed by atoms with Crippen LogP contribution < -0.4 is 10.6 Å². The van der Waals surface area contributed by atoms with Crippen LogP contribution >= 0.6 is 0 Å². The van der Waals surface area contributed by atoms with Crippen LogP contribution in [-0.4, -0.2) is 28.6 Å². The van der Waals surface area contributed by atoms with Crippen LogP contribution in [0.3, 0.4) is 0 Å². The highest BCUT2D eigenvalue weighted by atomic mass is 15.2. The maximum Gasteiger partial charge on any atom is 0.191 e. The molecule has 0 bridgehead atoms. The van der Waals surface area contributed by atoms with Crippen LogP contribution in [0.25, 0.3) is 0 Å². The van der Waals surface area contributed by atoms with Crippen LogP contribution in [0.4, 0.5) is 0 Å². The van der Waals surface area contributed by atoms with Gasteiger partial charge in [0.25, 0.3) is 0 Å². The van der Waals surface area contributed by atoms with E-state index in [2.05, 4.69) is 52.9 Å². The third-order valence-corrected chi connectivity index (χ3v) is 3.00. The van der Waals surface area contributed by atoms with Crippen molar-refractivity contribution in [3.8, 4) is 0 Å². The molecule has 1 heterocycles. The molecule has 1 unspecified atom stereocenters. The molecular formula is C14H27N5. The van der Waals surface area contributed by atoms with Gasteiger partial charge in [0.1, 0.15) is 5.82 Å². The molecule has 0 saturated carbocycles. The van der Waals surface area contributed by atoms with Crippen LogP contribution in [0.1, 0.15) is 39.9 Å². The minimum Gasteiger partial charge on any atom is -0.354 e. The lowest BCUT2D eigenvalue weighted by atomic mass is 10.2. The molecule has 0 aromatic carbocycles. The third-order valence-electron chi connectivity index (χ3n) is 3.00. The van der Waals surface area contributed by atoms with Crippen LogP contribution in [0.5, 0.6) is 0 Å². The average molecular weight is 265 g/mol. The number of guanidine groups is 1. The first kappa shape index (κ1) is 15.5. The first-order valence-corrected chi connectivity index (χ1v) is 7.04. The van der Waals surface area contributed by atoms with E-state index in [0.29, 0.717) is 18.5 Å². The van der Waals surface area contributed by atoms with E-state index in [1.54, 1.807) is 7.05 Å². The Bertz CT molecular complexity index is 394. The predicted molar refractivity (Wildman–Crippen MR) is 80.2 cm³/mol. The van der Waals surface area contributed by atoms with Crippen molar-refractivity contribution in [3.63, 3.8) is 0 Å². The Labute approximate surface area is 116 Å². The lowest BCUT2D eigenvalue weighted by Gasteiger charge is -2.17. The van der Waals surface area contributed by atoms with Crippen molar-refractivity contribution in [1.82, 2.24) is 20.2 Å². The molecule has 5 nitrogen and oxygen atoms in total. The molecule has 0 aliphatic rings. The number of hydrogen-bond donors (Lipinski definition) is 2. The fourth-order valence-electron chi connectivity index (χ4n) is 1.76. The van der Waals surface area contributed by atoms with Gasteiger partial charge < -0.3 is 15.2 Å². The van der Waals surface area contributed by atoms with E-state index in [1.165, 1.54) is 0 Å². The lowest BCUT2D eigenvalue weighted by molar-refractivity contribution is 0.503. The summed E-state index contributed by atoms with van der Waals surface area (Å²) in [6.07, 6.45) is 4.95. The monoisotopic (exact) mass is 265 g/mol. The second-order valence-electron chi connectivity index (χ2n) is 5.27. The number of aliphatic imine (C=N–C) groups is 1. The van der Waals surface area contributed by atoms with E-state index in [0.717, 1.165) is 24.7 Å². The van der Waals surface area contributed by atoms with Crippen molar-refractivity contribution in [2.45, 2.75) is 53.2 Å². The second-order valence-corrected chi connectivity index (χ2v) is 5.27. The summed E-state index contributed by atoms with van der Waals surface area (Å²) in [5.74, 6) is 2.49. The van der Waals surface area contributed by atoms with E-state index in [4.69, 9.17) is 0 Å². The quantitative estimate of drug-likeness (QED) is 0.611. The van der Waals surface area contributed by atoms with Crippen molar-refractivity contribution in [2.24, 2.45) is 10.9 Å². The van der Waals surface area contributed by atoms with Crippen molar-refractivity contribution >= 4 is 5.96 Å². The molecule has 0 amide bonds. The fraction of sp³-hybridized carbons (Fsp3) is 0.714. The highest BCUT2D eigenvalue weighted by Gasteiger charge is 2.07. The summed E-state index contributed by atoms with van der Waals surface area (Å²) < 4.78 is 2.19. The highest BCUT2D eigenvalue weighted by molar-refractivity contribution is 5.79. The van der Waals surface area contributed by atoms with Crippen molar-refractivity contribution in [1.29, 1.82) is 0 Å². The van der Waals surface area contributed by atoms with Crippen LogP contribution in [0.15, 0.2) is 17.4 Å². The van der Waals surface area contributed by atoms with E-state index in [9.17, 15) is 0 Å². The van der Waals surface area contributed by atoms with Gasteiger partial charge in [-0.25, -0.2) is 4.98 Å². The molecule has 0 radical (unpaired) electrons. The minimum absolute atomic E-state index is 0.418. The molecular weight excluding hydrogens is 238 g/mol. The van der Waals surface area contributed by atoms with E-state index in [-0.39, 0.29) is 0 Å². The molecule has 0 saturated heterocycles. The van der Waals surface area contributed by atoms with Gasteiger partial charge in [0.15, 0.2) is 5.96 Å². The Morgan fingerprint density at radius 1 is 1.42 bits per heavy atom. The topological polar surface area (TPSA) is 54.2 Å². The summed E-state index contributed by atoms with van der Waals surface area (Å²) in [6, 6.07) is 0.418. The van der Waals surface area contributed by atoms with Gasteiger partial charge in [0, 0.05) is 32.0 Å². The smallest absolute Gasteiger partial charge is 0.191 e. The molecule has 0 spiro atoms. The molecule has 19 heavy (non-hydrogen) atoms. The molecule has 0 aliphatic carbocycles. The summed E-state index contributed by atoms with van der Waals surface area (Å²) in [7, 11) is 1.79. The SMILES string of the molecule is CCC(C)NC(=NC)NCc1nccn1CC(C)C. The Morgan fingerprint density at radius 2 is 2.16 bits per heavy atom. The molecule has 0 aliphatic heterocycles. The van der Waals surface area contributed by atoms with Gasteiger partial charge >= 0.3 is 0 Å². The number of hydrogen-bond acceptors (Lipinski definition) is 2.